The molecule has 100 valence electrons. The number of nitrogens with zero attached hydrogens (tertiary/aromatic N) is 2. The van der Waals surface area contributed by atoms with Crippen LogP contribution in [0.1, 0.15) is 16.8 Å². The van der Waals surface area contributed by atoms with E-state index < -0.39 is 0 Å². The van der Waals surface area contributed by atoms with E-state index in [0.29, 0.717) is 5.25 Å². The fourth-order valence-electron chi connectivity index (χ4n) is 1.69. The third-order valence-corrected chi connectivity index (χ3v) is 5.38. The Kier molecular flexibility index (Phi) is 6.26. The first-order valence-corrected chi connectivity index (χ1v) is 8.31. The van der Waals surface area contributed by atoms with E-state index in [-0.39, 0.29) is 0 Å². The Hall–Kier alpha value is -0.300. The largest absolute Gasteiger partial charge is 0.383 e. The Balaban J connectivity index is 1.88. The molecule has 18 heavy (non-hydrogen) atoms. The Bertz CT molecular complexity index is 359. The predicted octanol–water partition coefficient (Wildman–Crippen LogP) is 1.73. The Morgan fingerprint density at radius 3 is 3.22 bits per heavy atom. The molecule has 1 aliphatic heterocycles. The Morgan fingerprint density at radius 2 is 2.44 bits per heavy atom. The molecule has 1 saturated heterocycles. The van der Waals surface area contributed by atoms with Gasteiger partial charge >= 0.3 is 0 Å². The van der Waals surface area contributed by atoms with Crippen LogP contribution in [0.15, 0.2) is 12.3 Å². The van der Waals surface area contributed by atoms with Gasteiger partial charge in [-0.2, -0.15) is 11.8 Å². The Morgan fingerprint density at radius 1 is 1.50 bits per heavy atom. The molecule has 0 amide bonds. The molecule has 1 unspecified atom stereocenters. The summed E-state index contributed by atoms with van der Waals surface area (Å²) in [5.41, 5.74) is 1.06. The van der Waals surface area contributed by atoms with Crippen molar-refractivity contribution in [1.29, 1.82) is 0 Å². The molecule has 1 aliphatic rings. The molecule has 1 aromatic rings. The van der Waals surface area contributed by atoms with E-state index in [4.69, 9.17) is 4.74 Å². The summed E-state index contributed by atoms with van der Waals surface area (Å²) in [7, 11) is 1.71. The van der Waals surface area contributed by atoms with Crippen molar-refractivity contribution < 1.29 is 4.74 Å². The third kappa shape index (κ3) is 4.42. The summed E-state index contributed by atoms with van der Waals surface area (Å²) in [5, 5.41) is 3.77. The van der Waals surface area contributed by atoms with Crippen LogP contribution < -0.4 is 5.32 Å². The van der Waals surface area contributed by atoms with E-state index in [1.165, 1.54) is 11.5 Å². The van der Waals surface area contributed by atoms with Crippen molar-refractivity contribution in [3.8, 4) is 0 Å². The van der Waals surface area contributed by atoms with Crippen LogP contribution in [-0.4, -0.2) is 47.5 Å². The highest BCUT2D eigenvalue weighted by atomic mass is 32.2. The van der Waals surface area contributed by atoms with Crippen molar-refractivity contribution in [3.05, 3.63) is 23.8 Å². The lowest BCUT2D eigenvalue weighted by molar-refractivity contribution is 0.199. The zero-order valence-electron chi connectivity index (χ0n) is 10.6. The summed E-state index contributed by atoms with van der Waals surface area (Å²) in [5.74, 6) is 4.57. The summed E-state index contributed by atoms with van der Waals surface area (Å²) in [6.45, 7) is 2.36. The molecule has 2 rings (SSSR count). The molecule has 1 atom stereocenters. The van der Waals surface area contributed by atoms with Crippen molar-refractivity contribution in [2.45, 2.75) is 11.8 Å². The summed E-state index contributed by atoms with van der Waals surface area (Å²) in [6, 6.07) is 1.98. The number of nitrogens with one attached hydrogen (secondary N) is 1. The van der Waals surface area contributed by atoms with Crippen molar-refractivity contribution >= 4 is 23.5 Å². The molecule has 4 nitrogen and oxygen atoms in total. The zero-order valence-corrected chi connectivity index (χ0v) is 12.2. The molecule has 0 saturated carbocycles. The highest BCUT2D eigenvalue weighted by Crippen LogP contribution is 2.34. The van der Waals surface area contributed by atoms with Crippen LogP contribution >= 0.6 is 23.5 Å². The lowest BCUT2D eigenvalue weighted by Crippen LogP contribution is -2.20. The first-order valence-electron chi connectivity index (χ1n) is 6.11. The van der Waals surface area contributed by atoms with Gasteiger partial charge in [-0.15, -0.1) is 11.8 Å². The molecule has 1 N–H and O–H groups in total. The molecule has 6 heteroatoms. The number of ether oxygens (including phenoxy) is 1. The van der Waals surface area contributed by atoms with Crippen LogP contribution in [0.5, 0.6) is 0 Å². The topological polar surface area (TPSA) is 47.0 Å². The summed E-state index contributed by atoms with van der Waals surface area (Å²) >= 11 is 3.97. The lowest BCUT2D eigenvalue weighted by atomic mass is 10.3. The summed E-state index contributed by atoms with van der Waals surface area (Å²) in [4.78, 5) is 9.06. The van der Waals surface area contributed by atoms with Crippen LogP contribution in [0.3, 0.4) is 0 Å². The highest BCUT2D eigenvalue weighted by Gasteiger charge is 2.19. The van der Waals surface area contributed by atoms with Crippen LogP contribution in [0, 0.1) is 0 Å². The van der Waals surface area contributed by atoms with Crippen molar-refractivity contribution in [3.63, 3.8) is 0 Å². The molecular formula is C12H19N3OS2. The third-order valence-electron chi connectivity index (χ3n) is 2.62. The first kappa shape index (κ1) is 14.1. The number of hydrogen-bond donors (Lipinski definition) is 1. The molecule has 0 bridgehead atoms. The van der Waals surface area contributed by atoms with E-state index >= 15 is 0 Å². The van der Waals surface area contributed by atoms with Crippen molar-refractivity contribution in [2.24, 2.45) is 0 Å². The van der Waals surface area contributed by atoms with E-state index in [1.54, 1.807) is 7.11 Å². The standard InChI is InChI=1S/C12H19N3OS2/c1-16-5-4-13-8-10-2-3-14-12(15-10)11-9-17-6-7-18-11/h2-3,11,13H,4-9H2,1H3. The first-order chi connectivity index (χ1) is 8.90. The summed E-state index contributed by atoms with van der Waals surface area (Å²) < 4.78 is 5.00. The minimum Gasteiger partial charge on any atom is -0.383 e. The highest BCUT2D eigenvalue weighted by molar-refractivity contribution is 8.06. The number of rotatable bonds is 6. The fourth-order valence-corrected chi connectivity index (χ4v) is 4.30. The van der Waals surface area contributed by atoms with Gasteiger partial charge in [-0.25, -0.2) is 9.97 Å². The lowest BCUT2D eigenvalue weighted by Gasteiger charge is -2.19. The molecule has 2 heterocycles. The Labute approximate surface area is 117 Å². The van der Waals surface area contributed by atoms with Gasteiger partial charge in [-0.1, -0.05) is 0 Å². The molecule has 0 spiro atoms. The van der Waals surface area contributed by atoms with Gasteiger partial charge in [0.15, 0.2) is 0 Å². The van der Waals surface area contributed by atoms with Gasteiger partial charge in [0.05, 0.1) is 17.6 Å². The molecule has 0 radical (unpaired) electrons. The molecule has 1 aromatic heterocycles. The second-order valence-electron chi connectivity index (χ2n) is 4.01. The van der Waals surface area contributed by atoms with Crippen LogP contribution in [0.25, 0.3) is 0 Å². The molecule has 1 fully saturated rings. The van der Waals surface area contributed by atoms with Crippen molar-refractivity contribution in [1.82, 2.24) is 15.3 Å². The van der Waals surface area contributed by atoms with Gasteiger partial charge in [0, 0.05) is 43.7 Å². The monoisotopic (exact) mass is 285 g/mol. The second kappa shape index (κ2) is 7.99. The van der Waals surface area contributed by atoms with Gasteiger partial charge < -0.3 is 10.1 Å². The molecular weight excluding hydrogens is 266 g/mol. The quantitative estimate of drug-likeness (QED) is 0.803. The van der Waals surface area contributed by atoms with E-state index in [0.717, 1.165) is 37.0 Å². The maximum atomic E-state index is 5.00. The normalized spacial score (nSPS) is 19.9. The summed E-state index contributed by atoms with van der Waals surface area (Å²) in [6.07, 6.45) is 1.87. The average Bonchev–Trinajstić information content (AvgIpc) is 2.45. The van der Waals surface area contributed by atoms with E-state index in [9.17, 15) is 0 Å². The average molecular weight is 285 g/mol. The molecule has 0 aliphatic carbocycles. The minimum absolute atomic E-state index is 0.461. The minimum atomic E-state index is 0.461. The number of aromatic nitrogens is 2. The maximum absolute atomic E-state index is 5.00. The number of methoxy groups -OCH3 is 1. The SMILES string of the molecule is COCCNCc1ccnc(C2CSCCS2)n1. The van der Waals surface area contributed by atoms with Gasteiger partial charge in [0.25, 0.3) is 0 Å². The van der Waals surface area contributed by atoms with Crippen LogP contribution in [0.2, 0.25) is 0 Å². The second-order valence-corrected chi connectivity index (χ2v) is 6.47. The van der Waals surface area contributed by atoms with Crippen LogP contribution in [-0.2, 0) is 11.3 Å². The van der Waals surface area contributed by atoms with Gasteiger partial charge in [0.1, 0.15) is 5.82 Å². The van der Waals surface area contributed by atoms with E-state index in [2.05, 4.69) is 15.3 Å². The molecule has 0 aromatic carbocycles. The van der Waals surface area contributed by atoms with Crippen molar-refractivity contribution in [2.75, 3.05) is 37.5 Å². The van der Waals surface area contributed by atoms with Crippen LogP contribution in [0.4, 0.5) is 0 Å². The van der Waals surface area contributed by atoms with Gasteiger partial charge in [-0.3, -0.25) is 0 Å². The van der Waals surface area contributed by atoms with Gasteiger partial charge in [0.2, 0.25) is 0 Å². The fraction of sp³-hybridized carbons (Fsp3) is 0.667. The maximum Gasteiger partial charge on any atom is 0.142 e. The van der Waals surface area contributed by atoms with E-state index in [1.807, 2.05) is 35.8 Å². The number of thioether (sulfide) groups is 2. The predicted molar refractivity (Wildman–Crippen MR) is 78.1 cm³/mol. The smallest absolute Gasteiger partial charge is 0.142 e. The van der Waals surface area contributed by atoms with Gasteiger partial charge in [-0.05, 0) is 6.07 Å². The zero-order chi connectivity index (χ0) is 12.6. The number of hydrogen-bond acceptors (Lipinski definition) is 6.